The van der Waals surface area contributed by atoms with E-state index in [9.17, 15) is 22.8 Å². The largest absolute Gasteiger partial charge is 0.440 e. The topological polar surface area (TPSA) is 58.6 Å². The summed E-state index contributed by atoms with van der Waals surface area (Å²) in [4.78, 5) is 24.9. The number of likely N-dealkylation sites (tertiary alicyclic amines) is 1. The molecule has 1 saturated heterocycles. The summed E-state index contributed by atoms with van der Waals surface area (Å²) in [6, 6.07) is 8.47. The van der Waals surface area contributed by atoms with Crippen LogP contribution in [0.25, 0.3) is 0 Å². The monoisotopic (exact) mass is 386 g/mol. The maximum Gasteiger partial charge on any atom is 0.422 e. The van der Waals surface area contributed by atoms with Crippen LogP contribution in [0.1, 0.15) is 30.4 Å². The molecule has 0 spiro atoms. The third-order valence-electron chi connectivity index (χ3n) is 4.68. The van der Waals surface area contributed by atoms with Gasteiger partial charge in [-0.1, -0.05) is 29.8 Å². The van der Waals surface area contributed by atoms with Crippen LogP contribution in [0.4, 0.5) is 18.0 Å². The van der Waals surface area contributed by atoms with E-state index in [0.29, 0.717) is 19.0 Å². The van der Waals surface area contributed by atoms with Crippen LogP contribution in [-0.4, -0.2) is 49.3 Å². The Hall–Kier alpha value is -2.25. The van der Waals surface area contributed by atoms with E-state index >= 15 is 0 Å². The van der Waals surface area contributed by atoms with Crippen LogP contribution in [-0.2, 0) is 16.0 Å². The van der Waals surface area contributed by atoms with Crippen molar-refractivity contribution in [1.82, 2.24) is 10.2 Å². The predicted octanol–water partition coefficient (Wildman–Crippen LogP) is 3.45. The Labute approximate surface area is 156 Å². The Morgan fingerprint density at radius 2 is 1.81 bits per heavy atom. The molecule has 1 aliphatic heterocycles. The molecule has 1 heterocycles. The number of halogens is 3. The molecule has 1 aliphatic rings. The van der Waals surface area contributed by atoms with E-state index in [-0.39, 0.29) is 12.5 Å². The molecule has 0 aromatic heterocycles. The summed E-state index contributed by atoms with van der Waals surface area (Å²) in [5.41, 5.74) is 2.54. The number of alkyl carbamates (subject to hydrolysis) is 1. The summed E-state index contributed by atoms with van der Waals surface area (Å²) in [6.45, 7) is 1.22. The van der Waals surface area contributed by atoms with E-state index in [1.54, 1.807) is 4.90 Å². The summed E-state index contributed by atoms with van der Waals surface area (Å²) < 4.78 is 39.8. The van der Waals surface area contributed by atoms with Gasteiger partial charge in [0.05, 0.1) is 0 Å². The third kappa shape index (κ3) is 7.88. The number of hydrogen-bond donors (Lipinski definition) is 1. The van der Waals surface area contributed by atoms with Gasteiger partial charge < -0.3 is 15.0 Å². The minimum Gasteiger partial charge on any atom is -0.440 e. The highest BCUT2D eigenvalue weighted by atomic mass is 19.4. The molecule has 1 fully saturated rings. The first-order valence-corrected chi connectivity index (χ1v) is 9.03. The van der Waals surface area contributed by atoms with Crippen molar-refractivity contribution in [3.8, 4) is 0 Å². The minimum absolute atomic E-state index is 0.309. The van der Waals surface area contributed by atoms with Gasteiger partial charge >= 0.3 is 12.3 Å². The van der Waals surface area contributed by atoms with Crippen LogP contribution in [0.15, 0.2) is 24.3 Å². The first kappa shape index (κ1) is 21.1. The fourth-order valence-corrected chi connectivity index (χ4v) is 3.05. The smallest absolute Gasteiger partial charge is 0.422 e. The number of carbonyl (C=O) groups excluding carboxylic acids is 2. The fourth-order valence-electron chi connectivity index (χ4n) is 3.05. The highest BCUT2D eigenvalue weighted by molar-refractivity contribution is 5.82. The van der Waals surface area contributed by atoms with Crippen LogP contribution in [0.2, 0.25) is 0 Å². The van der Waals surface area contributed by atoms with Gasteiger partial charge in [0.25, 0.3) is 0 Å². The van der Waals surface area contributed by atoms with Crippen molar-refractivity contribution in [2.24, 2.45) is 5.92 Å². The second-order valence-corrected chi connectivity index (χ2v) is 6.89. The molecule has 8 heteroatoms. The number of nitrogens with zero attached hydrogens (tertiary/aromatic N) is 1. The summed E-state index contributed by atoms with van der Waals surface area (Å²) >= 11 is 0. The number of benzene rings is 1. The van der Waals surface area contributed by atoms with E-state index in [1.165, 1.54) is 11.1 Å². The maximum absolute atomic E-state index is 12.1. The molecule has 2 rings (SSSR count). The number of piperidine rings is 1. The Morgan fingerprint density at radius 3 is 2.41 bits per heavy atom. The van der Waals surface area contributed by atoms with Gasteiger partial charge in [-0.3, -0.25) is 4.79 Å². The van der Waals surface area contributed by atoms with Crippen molar-refractivity contribution in [2.45, 2.75) is 38.8 Å². The molecule has 0 saturated carbocycles. The van der Waals surface area contributed by atoms with Crippen molar-refractivity contribution in [2.75, 3.05) is 26.2 Å². The van der Waals surface area contributed by atoms with Gasteiger partial charge in [-0.25, -0.2) is 4.79 Å². The molecule has 2 amide bonds. The third-order valence-corrected chi connectivity index (χ3v) is 4.68. The Morgan fingerprint density at radius 1 is 1.19 bits per heavy atom. The molecular weight excluding hydrogens is 361 g/mol. The Balaban J connectivity index is 1.63. The number of amides is 2. The summed E-state index contributed by atoms with van der Waals surface area (Å²) in [6.07, 6.45) is -1.99. The number of aryl methyl sites for hydroxylation is 2. The molecule has 0 radical (unpaired) electrons. The maximum atomic E-state index is 12.1. The lowest BCUT2D eigenvalue weighted by Crippen LogP contribution is -2.44. The van der Waals surface area contributed by atoms with Gasteiger partial charge in [-0.15, -0.1) is 0 Å². The van der Waals surface area contributed by atoms with E-state index in [0.717, 1.165) is 25.7 Å². The number of rotatable bonds is 6. The van der Waals surface area contributed by atoms with E-state index in [2.05, 4.69) is 41.2 Å². The number of alkyl halides is 3. The molecule has 1 aromatic rings. The zero-order valence-electron chi connectivity index (χ0n) is 15.3. The van der Waals surface area contributed by atoms with E-state index in [1.807, 2.05) is 0 Å². The SMILES string of the molecule is Cc1ccc(CCC2CCN(C(=O)CNC(=O)OCC(F)(F)F)CC2)cc1. The number of ether oxygens (including phenoxy) is 1. The summed E-state index contributed by atoms with van der Waals surface area (Å²) in [5.74, 6) is 0.232. The molecule has 0 atom stereocenters. The first-order valence-electron chi connectivity index (χ1n) is 9.03. The van der Waals surface area contributed by atoms with Crippen LogP contribution in [0.3, 0.4) is 0 Å². The van der Waals surface area contributed by atoms with Crippen LogP contribution >= 0.6 is 0 Å². The van der Waals surface area contributed by atoms with Gasteiger partial charge in [-0.2, -0.15) is 13.2 Å². The lowest BCUT2D eigenvalue weighted by atomic mass is 9.90. The van der Waals surface area contributed by atoms with Crippen molar-refractivity contribution >= 4 is 12.0 Å². The summed E-state index contributed by atoms with van der Waals surface area (Å²) in [5, 5.41) is 2.06. The fraction of sp³-hybridized carbons (Fsp3) is 0.579. The molecule has 1 N–H and O–H groups in total. The molecule has 5 nitrogen and oxygen atoms in total. The van der Waals surface area contributed by atoms with E-state index in [4.69, 9.17) is 0 Å². The molecule has 0 bridgehead atoms. The number of nitrogens with one attached hydrogen (secondary N) is 1. The second kappa shape index (κ2) is 9.62. The predicted molar refractivity (Wildman–Crippen MR) is 94.2 cm³/mol. The molecule has 0 aliphatic carbocycles. The van der Waals surface area contributed by atoms with Gasteiger partial charge in [0, 0.05) is 13.1 Å². The average molecular weight is 386 g/mol. The zero-order valence-corrected chi connectivity index (χ0v) is 15.3. The van der Waals surface area contributed by atoms with Gasteiger partial charge in [0.1, 0.15) is 6.54 Å². The summed E-state index contributed by atoms with van der Waals surface area (Å²) in [7, 11) is 0. The van der Waals surface area contributed by atoms with Crippen molar-refractivity contribution in [1.29, 1.82) is 0 Å². The highest BCUT2D eigenvalue weighted by Gasteiger charge is 2.30. The lowest BCUT2D eigenvalue weighted by molar-refractivity contribution is -0.160. The lowest BCUT2D eigenvalue weighted by Gasteiger charge is -2.32. The molecule has 27 heavy (non-hydrogen) atoms. The Bertz CT molecular complexity index is 624. The first-order chi connectivity index (χ1) is 12.7. The van der Waals surface area contributed by atoms with Gasteiger partial charge in [-0.05, 0) is 44.1 Å². The van der Waals surface area contributed by atoms with Gasteiger partial charge in [0.15, 0.2) is 6.61 Å². The van der Waals surface area contributed by atoms with Crippen LogP contribution < -0.4 is 5.32 Å². The normalized spacial score (nSPS) is 15.5. The molecular formula is C19H25F3N2O3. The van der Waals surface area contributed by atoms with Crippen LogP contribution in [0.5, 0.6) is 0 Å². The highest BCUT2D eigenvalue weighted by Crippen LogP contribution is 2.22. The number of carbonyl (C=O) groups is 2. The van der Waals surface area contributed by atoms with E-state index < -0.39 is 18.9 Å². The van der Waals surface area contributed by atoms with Crippen molar-refractivity contribution in [3.05, 3.63) is 35.4 Å². The molecule has 0 unspecified atom stereocenters. The quantitative estimate of drug-likeness (QED) is 0.815. The zero-order chi connectivity index (χ0) is 19.9. The molecule has 1 aromatic carbocycles. The molecule has 150 valence electrons. The second-order valence-electron chi connectivity index (χ2n) is 6.89. The van der Waals surface area contributed by atoms with Crippen molar-refractivity contribution < 1.29 is 27.5 Å². The standard InChI is InChI=1S/C19H25F3N2O3/c1-14-2-4-15(5-3-14)6-7-16-8-10-24(11-9-16)17(25)12-23-18(26)27-13-19(20,21)22/h2-5,16H,6-13H2,1H3,(H,23,26). The van der Waals surface area contributed by atoms with Gasteiger partial charge in [0.2, 0.25) is 5.91 Å². The van der Waals surface area contributed by atoms with Crippen LogP contribution in [0, 0.1) is 12.8 Å². The Kier molecular flexibility index (Phi) is 7.50. The average Bonchev–Trinajstić information content (AvgIpc) is 2.64. The minimum atomic E-state index is -4.58. The number of hydrogen-bond acceptors (Lipinski definition) is 3. The van der Waals surface area contributed by atoms with Crippen molar-refractivity contribution in [3.63, 3.8) is 0 Å².